The average Bonchev–Trinajstić information content (AvgIpc) is 2.19. The summed E-state index contributed by atoms with van der Waals surface area (Å²) in [6.07, 6.45) is 1.08. The molecular weight excluding hydrogens is 202 g/mol. The van der Waals surface area contributed by atoms with E-state index in [9.17, 15) is 4.79 Å². The lowest BCUT2D eigenvalue weighted by Crippen LogP contribution is -1.85. The molecule has 0 saturated heterocycles. The fourth-order valence-corrected chi connectivity index (χ4v) is 1.08. The van der Waals surface area contributed by atoms with Gasteiger partial charge in [0.1, 0.15) is 0 Å². The molecule has 5 heteroatoms. The first-order valence-corrected chi connectivity index (χ1v) is 4.13. The zero-order valence-electron chi connectivity index (χ0n) is 7.09. The maximum Gasteiger partial charge on any atom is 0.243 e. The molecule has 0 N–H and O–H groups in total. The van der Waals surface area contributed by atoms with Crippen molar-refractivity contribution >= 4 is 22.5 Å². The molecule has 0 radical (unpaired) electrons. The predicted octanol–water partition coefficient (Wildman–Crippen LogP) is 3.10. The monoisotopic (exact) mass is 207 g/mol. The molecule has 0 aliphatic carbocycles. The summed E-state index contributed by atoms with van der Waals surface area (Å²) in [5, 5.41) is 3.12. The number of carbonyl (C=O) groups is 1. The average molecular weight is 208 g/mol. The molecular formula is C9H6ClN3O. The molecule has 0 unspecified atom stereocenters. The minimum Gasteiger partial charge on any atom is -0.288 e. The van der Waals surface area contributed by atoms with Gasteiger partial charge in [-0.25, -0.2) is 0 Å². The maximum absolute atomic E-state index is 10.8. The highest BCUT2D eigenvalue weighted by Crippen LogP contribution is 2.17. The van der Waals surface area contributed by atoms with Crippen LogP contribution in [0.25, 0.3) is 15.5 Å². The summed E-state index contributed by atoms with van der Waals surface area (Å²) in [7, 11) is 0. The van der Waals surface area contributed by atoms with Crippen LogP contribution in [0.3, 0.4) is 0 Å². The number of azide groups is 1. The first kappa shape index (κ1) is 10.3. The van der Waals surface area contributed by atoms with Crippen molar-refractivity contribution in [2.45, 2.75) is 0 Å². The number of rotatable bonds is 2. The van der Waals surface area contributed by atoms with Gasteiger partial charge < -0.3 is 0 Å². The van der Waals surface area contributed by atoms with Crippen molar-refractivity contribution in [3.05, 3.63) is 52.4 Å². The fraction of sp³-hybridized carbons (Fsp3) is 0. The van der Waals surface area contributed by atoms with E-state index in [0.29, 0.717) is 5.56 Å². The Bertz CT molecular complexity index is 407. The van der Waals surface area contributed by atoms with Crippen molar-refractivity contribution in [1.29, 1.82) is 0 Å². The molecule has 14 heavy (non-hydrogen) atoms. The van der Waals surface area contributed by atoms with E-state index in [-0.39, 0.29) is 5.03 Å². The number of halogens is 1. The molecule has 0 aromatic heterocycles. The standard InChI is InChI=1S/C9H6ClN3O/c10-8(6-9(14)12-13-11)7-4-2-1-3-5-7/h1-6H/b8-6+. The van der Waals surface area contributed by atoms with Crippen LogP contribution in [0, 0.1) is 0 Å². The lowest BCUT2D eigenvalue weighted by Gasteiger charge is -1.95. The molecule has 1 aromatic carbocycles. The maximum atomic E-state index is 10.8. The fourth-order valence-electron chi connectivity index (χ4n) is 0.862. The minimum absolute atomic E-state index is 0.253. The summed E-state index contributed by atoms with van der Waals surface area (Å²) in [6.45, 7) is 0. The van der Waals surface area contributed by atoms with Gasteiger partial charge in [0.25, 0.3) is 0 Å². The van der Waals surface area contributed by atoms with Gasteiger partial charge in [-0.15, -0.1) is 0 Å². The minimum atomic E-state index is -0.707. The molecule has 70 valence electrons. The quantitative estimate of drug-likeness (QED) is 0.318. The van der Waals surface area contributed by atoms with Crippen LogP contribution in [0.1, 0.15) is 5.56 Å². The van der Waals surface area contributed by atoms with Gasteiger partial charge in [0.15, 0.2) is 0 Å². The van der Waals surface area contributed by atoms with Gasteiger partial charge in [-0.05, 0) is 16.2 Å². The third kappa shape index (κ3) is 2.94. The van der Waals surface area contributed by atoms with Crippen LogP contribution >= 0.6 is 11.6 Å². The normalized spacial score (nSPS) is 10.5. The molecule has 0 atom stereocenters. The van der Waals surface area contributed by atoms with Gasteiger partial charge in [-0.2, -0.15) is 0 Å². The Morgan fingerprint density at radius 3 is 2.64 bits per heavy atom. The molecule has 0 heterocycles. The van der Waals surface area contributed by atoms with Gasteiger partial charge in [0, 0.05) is 11.0 Å². The lowest BCUT2D eigenvalue weighted by molar-refractivity contribution is -0.113. The Kier molecular flexibility index (Phi) is 3.73. The van der Waals surface area contributed by atoms with Crippen LogP contribution < -0.4 is 0 Å². The molecule has 0 fully saturated rings. The van der Waals surface area contributed by atoms with Crippen molar-refractivity contribution < 1.29 is 4.79 Å². The zero-order valence-corrected chi connectivity index (χ0v) is 7.85. The summed E-state index contributed by atoms with van der Waals surface area (Å²) in [5.74, 6) is -0.707. The third-order valence-corrected chi connectivity index (χ3v) is 1.77. The molecule has 0 aliphatic heterocycles. The molecule has 1 aromatic rings. The second kappa shape index (κ2) is 5.07. The highest BCUT2D eigenvalue weighted by molar-refractivity contribution is 6.50. The van der Waals surface area contributed by atoms with Gasteiger partial charge in [-0.3, -0.25) is 4.79 Å². The van der Waals surface area contributed by atoms with Crippen LogP contribution in [0.5, 0.6) is 0 Å². The van der Waals surface area contributed by atoms with Crippen molar-refractivity contribution in [3.8, 4) is 0 Å². The van der Waals surface area contributed by atoms with Crippen LogP contribution in [0.2, 0.25) is 0 Å². The lowest BCUT2D eigenvalue weighted by atomic mass is 10.2. The van der Waals surface area contributed by atoms with E-state index in [0.717, 1.165) is 6.08 Å². The van der Waals surface area contributed by atoms with Gasteiger partial charge in [0.2, 0.25) is 5.91 Å². The van der Waals surface area contributed by atoms with Crippen LogP contribution in [0.4, 0.5) is 0 Å². The molecule has 4 nitrogen and oxygen atoms in total. The van der Waals surface area contributed by atoms with Crippen LogP contribution in [-0.4, -0.2) is 5.91 Å². The van der Waals surface area contributed by atoms with Gasteiger partial charge >= 0.3 is 0 Å². The van der Waals surface area contributed by atoms with Gasteiger partial charge in [0.05, 0.1) is 5.03 Å². The van der Waals surface area contributed by atoms with E-state index < -0.39 is 5.91 Å². The third-order valence-electron chi connectivity index (χ3n) is 1.44. The Balaban J connectivity index is 2.90. The van der Waals surface area contributed by atoms with Crippen molar-refractivity contribution in [1.82, 2.24) is 0 Å². The van der Waals surface area contributed by atoms with Crippen molar-refractivity contribution in [2.24, 2.45) is 5.11 Å². The Hall–Kier alpha value is -1.77. The van der Waals surface area contributed by atoms with Gasteiger partial charge in [-0.1, -0.05) is 41.9 Å². The molecule has 0 bridgehead atoms. The zero-order chi connectivity index (χ0) is 10.4. The second-order valence-electron chi connectivity index (χ2n) is 2.39. The Morgan fingerprint density at radius 2 is 2.07 bits per heavy atom. The van der Waals surface area contributed by atoms with E-state index in [2.05, 4.69) is 10.0 Å². The predicted molar refractivity (Wildman–Crippen MR) is 54.4 cm³/mol. The Labute approximate surface area is 85.4 Å². The Morgan fingerprint density at radius 1 is 1.43 bits per heavy atom. The SMILES string of the molecule is [N-]=[N+]=NC(=O)/C=C(/Cl)c1ccccc1. The number of amides is 1. The topological polar surface area (TPSA) is 65.8 Å². The summed E-state index contributed by atoms with van der Waals surface area (Å²) in [4.78, 5) is 13.2. The molecule has 0 aliphatic rings. The first-order valence-electron chi connectivity index (χ1n) is 3.75. The number of nitrogens with zero attached hydrogens (tertiary/aromatic N) is 3. The highest BCUT2D eigenvalue weighted by Gasteiger charge is 1.99. The molecule has 0 spiro atoms. The van der Waals surface area contributed by atoms with E-state index >= 15 is 0 Å². The van der Waals surface area contributed by atoms with Crippen molar-refractivity contribution in [2.75, 3.05) is 0 Å². The number of hydrogen-bond acceptors (Lipinski definition) is 1. The van der Waals surface area contributed by atoms with E-state index in [1.807, 2.05) is 6.07 Å². The molecule has 1 amide bonds. The molecule has 0 saturated carbocycles. The van der Waals surface area contributed by atoms with E-state index in [4.69, 9.17) is 17.1 Å². The van der Waals surface area contributed by atoms with E-state index in [1.165, 1.54) is 0 Å². The van der Waals surface area contributed by atoms with Crippen LogP contribution in [0.15, 0.2) is 41.5 Å². The number of benzene rings is 1. The number of hydrogen-bond donors (Lipinski definition) is 0. The highest BCUT2D eigenvalue weighted by atomic mass is 35.5. The molecule has 1 rings (SSSR count). The van der Waals surface area contributed by atoms with E-state index in [1.54, 1.807) is 24.3 Å². The number of carbonyl (C=O) groups excluding carboxylic acids is 1. The van der Waals surface area contributed by atoms with Crippen LogP contribution in [-0.2, 0) is 4.79 Å². The summed E-state index contributed by atoms with van der Waals surface area (Å²) < 4.78 is 0. The smallest absolute Gasteiger partial charge is 0.243 e. The largest absolute Gasteiger partial charge is 0.288 e. The second-order valence-corrected chi connectivity index (χ2v) is 2.79. The summed E-state index contributed by atoms with van der Waals surface area (Å²) in [6, 6.07) is 8.93. The summed E-state index contributed by atoms with van der Waals surface area (Å²) >= 11 is 5.79. The summed E-state index contributed by atoms with van der Waals surface area (Å²) in [5.41, 5.74) is 8.69. The van der Waals surface area contributed by atoms with Crippen molar-refractivity contribution in [3.63, 3.8) is 0 Å². The first-order chi connectivity index (χ1) is 6.74.